The van der Waals surface area contributed by atoms with Crippen LogP contribution in [-0.4, -0.2) is 49.3 Å². The van der Waals surface area contributed by atoms with Crippen molar-refractivity contribution in [3.05, 3.63) is 34.4 Å². The molecule has 150 valence electrons. The Morgan fingerprint density at radius 2 is 1.81 bits per heavy atom. The summed E-state index contributed by atoms with van der Waals surface area (Å²) >= 11 is 5.95. The van der Waals surface area contributed by atoms with Crippen LogP contribution in [0.1, 0.15) is 26.3 Å². The average molecular weight is 408 g/mol. The molecule has 0 unspecified atom stereocenters. The van der Waals surface area contributed by atoms with Crippen molar-refractivity contribution in [3.63, 3.8) is 0 Å². The molecule has 0 bridgehead atoms. The van der Waals surface area contributed by atoms with E-state index in [1.54, 1.807) is 32.9 Å². The first-order valence-electron chi connectivity index (χ1n) is 7.84. The molecule has 1 rings (SSSR count). The van der Waals surface area contributed by atoms with Gasteiger partial charge >= 0.3 is 18.1 Å². The Balaban J connectivity index is 3.32. The topological polar surface area (TPSA) is 55.8 Å². The number of benzene rings is 1. The third kappa shape index (κ3) is 7.13. The fourth-order valence-electron chi connectivity index (χ4n) is 2.06. The molecular formula is C18H21ClF3NO4. The van der Waals surface area contributed by atoms with E-state index >= 15 is 0 Å². The van der Waals surface area contributed by atoms with Gasteiger partial charge in [0, 0.05) is 17.6 Å². The predicted octanol–water partition coefficient (Wildman–Crippen LogP) is 4.09. The van der Waals surface area contributed by atoms with Gasteiger partial charge in [-0.2, -0.15) is 13.2 Å². The molecule has 0 spiro atoms. The number of hydrogen-bond donors (Lipinski definition) is 0. The van der Waals surface area contributed by atoms with E-state index in [0.717, 1.165) is 7.05 Å². The van der Waals surface area contributed by atoms with Gasteiger partial charge in [-0.05, 0) is 45.0 Å². The van der Waals surface area contributed by atoms with E-state index in [1.807, 2.05) is 0 Å². The lowest BCUT2D eigenvalue weighted by Crippen LogP contribution is -2.40. The van der Waals surface area contributed by atoms with Crippen LogP contribution in [0.3, 0.4) is 0 Å². The fraction of sp³-hybridized carbons (Fsp3) is 0.444. The van der Waals surface area contributed by atoms with Crippen molar-refractivity contribution in [2.45, 2.75) is 32.5 Å². The molecule has 1 aromatic rings. The van der Waals surface area contributed by atoms with Gasteiger partial charge in [-0.25, -0.2) is 4.79 Å². The van der Waals surface area contributed by atoms with Gasteiger partial charge in [-0.3, -0.25) is 4.79 Å². The monoisotopic (exact) mass is 407 g/mol. The summed E-state index contributed by atoms with van der Waals surface area (Å²) in [6.45, 7) is 4.25. The SMILES string of the molecule is COc1ccc(Cl)cc1/C=C(\CN(C)C(=O)C(F)(F)F)C(=O)OC(C)(C)C. The number of ether oxygens (including phenoxy) is 2. The summed E-state index contributed by atoms with van der Waals surface area (Å²) in [7, 11) is 2.34. The zero-order valence-electron chi connectivity index (χ0n) is 15.6. The minimum Gasteiger partial charge on any atom is -0.496 e. The molecule has 1 aromatic carbocycles. The Hall–Kier alpha value is -2.22. The van der Waals surface area contributed by atoms with E-state index in [1.165, 1.54) is 19.3 Å². The van der Waals surface area contributed by atoms with Crippen LogP contribution in [0.5, 0.6) is 5.75 Å². The number of likely N-dealkylation sites (N-methyl/N-ethyl adjacent to an activating group) is 1. The highest BCUT2D eigenvalue weighted by molar-refractivity contribution is 6.30. The van der Waals surface area contributed by atoms with E-state index < -0.39 is 30.2 Å². The number of alkyl halides is 3. The summed E-state index contributed by atoms with van der Waals surface area (Å²) in [6, 6.07) is 4.59. The molecule has 0 aliphatic rings. The summed E-state index contributed by atoms with van der Waals surface area (Å²) < 4.78 is 48.4. The number of nitrogens with zero attached hydrogens (tertiary/aromatic N) is 1. The first-order valence-corrected chi connectivity index (χ1v) is 8.22. The average Bonchev–Trinajstić information content (AvgIpc) is 2.51. The van der Waals surface area contributed by atoms with Gasteiger partial charge in [0.25, 0.3) is 0 Å². The number of carbonyl (C=O) groups is 2. The van der Waals surface area contributed by atoms with Crippen molar-refractivity contribution in [2.24, 2.45) is 0 Å². The van der Waals surface area contributed by atoms with Crippen molar-refractivity contribution in [1.82, 2.24) is 4.90 Å². The number of rotatable bonds is 5. The van der Waals surface area contributed by atoms with E-state index in [0.29, 0.717) is 21.2 Å². The molecule has 0 radical (unpaired) electrons. The molecule has 0 saturated heterocycles. The van der Waals surface area contributed by atoms with Crippen molar-refractivity contribution in [3.8, 4) is 5.75 Å². The lowest BCUT2D eigenvalue weighted by molar-refractivity contribution is -0.183. The maximum absolute atomic E-state index is 12.7. The van der Waals surface area contributed by atoms with Crippen molar-refractivity contribution < 1.29 is 32.2 Å². The molecule has 27 heavy (non-hydrogen) atoms. The number of esters is 1. The van der Waals surface area contributed by atoms with Crippen LogP contribution in [0.2, 0.25) is 5.02 Å². The molecule has 0 fully saturated rings. The van der Waals surface area contributed by atoms with Crippen LogP contribution in [-0.2, 0) is 14.3 Å². The summed E-state index contributed by atoms with van der Waals surface area (Å²) in [5.74, 6) is -2.58. The van der Waals surface area contributed by atoms with Gasteiger partial charge in [0.05, 0.1) is 19.2 Å². The first-order chi connectivity index (χ1) is 12.2. The third-order valence-corrected chi connectivity index (χ3v) is 3.41. The van der Waals surface area contributed by atoms with E-state index in [2.05, 4.69) is 0 Å². The Kier molecular flexibility index (Phi) is 7.31. The predicted molar refractivity (Wildman–Crippen MR) is 95.5 cm³/mol. The van der Waals surface area contributed by atoms with E-state index in [-0.39, 0.29) is 5.57 Å². The molecule has 0 aliphatic heterocycles. The van der Waals surface area contributed by atoms with Crippen LogP contribution < -0.4 is 4.74 Å². The largest absolute Gasteiger partial charge is 0.496 e. The lowest BCUT2D eigenvalue weighted by Gasteiger charge is -2.24. The normalized spacial score (nSPS) is 12.6. The van der Waals surface area contributed by atoms with Crippen LogP contribution in [0.4, 0.5) is 13.2 Å². The highest BCUT2D eigenvalue weighted by Crippen LogP contribution is 2.26. The maximum Gasteiger partial charge on any atom is 0.471 e. The van der Waals surface area contributed by atoms with Gasteiger partial charge in [0.15, 0.2) is 0 Å². The Labute approximate surface area is 160 Å². The Bertz CT molecular complexity index is 739. The highest BCUT2D eigenvalue weighted by Gasteiger charge is 2.41. The van der Waals surface area contributed by atoms with Gasteiger partial charge in [-0.1, -0.05) is 11.6 Å². The molecule has 0 atom stereocenters. The van der Waals surface area contributed by atoms with Crippen LogP contribution in [0.25, 0.3) is 6.08 Å². The van der Waals surface area contributed by atoms with E-state index in [4.69, 9.17) is 21.1 Å². The van der Waals surface area contributed by atoms with Crippen LogP contribution in [0.15, 0.2) is 23.8 Å². The summed E-state index contributed by atoms with van der Waals surface area (Å²) in [5, 5.41) is 0.338. The molecule has 1 amide bonds. The molecule has 0 N–H and O–H groups in total. The number of halogens is 4. The van der Waals surface area contributed by atoms with Crippen LogP contribution in [0, 0.1) is 0 Å². The standard InChI is InChI=1S/C18H21ClF3NO4/c1-17(2,3)27-15(24)12(10-23(4)16(25)18(20,21)22)8-11-9-13(19)6-7-14(11)26-5/h6-9H,10H2,1-5H3/b12-8+. The third-order valence-electron chi connectivity index (χ3n) is 3.18. The van der Waals surface area contributed by atoms with Crippen molar-refractivity contribution in [2.75, 3.05) is 20.7 Å². The minimum atomic E-state index is -5.05. The number of carbonyl (C=O) groups excluding carboxylic acids is 2. The van der Waals surface area contributed by atoms with Gasteiger partial charge in [-0.15, -0.1) is 0 Å². The number of hydrogen-bond acceptors (Lipinski definition) is 4. The fourth-order valence-corrected chi connectivity index (χ4v) is 2.24. The molecular weight excluding hydrogens is 387 g/mol. The summed E-state index contributed by atoms with van der Waals surface area (Å²) in [5.41, 5.74) is -0.675. The second-order valence-electron chi connectivity index (χ2n) is 6.72. The van der Waals surface area contributed by atoms with E-state index in [9.17, 15) is 22.8 Å². The van der Waals surface area contributed by atoms with Crippen molar-refractivity contribution >= 4 is 29.6 Å². The molecule has 0 aromatic heterocycles. The van der Waals surface area contributed by atoms with Crippen molar-refractivity contribution in [1.29, 1.82) is 0 Å². The second kappa shape index (κ2) is 8.65. The number of amides is 1. The first kappa shape index (κ1) is 22.8. The van der Waals surface area contributed by atoms with Gasteiger partial charge in [0.1, 0.15) is 11.4 Å². The quantitative estimate of drug-likeness (QED) is 0.545. The van der Waals surface area contributed by atoms with Gasteiger partial charge in [0.2, 0.25) is 0 Å². The lowest BCUT2D eigenvalue weighted by atomic mass is 10.1. The number of methoxy groups -OCH3 is 1. The smallest absolute Gasteiger partial charge is 0.471 e. The molecule has 0 saturated carbocycles. The molecule has 9 heteroatoms. The minimum absolute atomic E-state index is 0.161. The maximum atomic E-state index is 12.7. The van der Waals surface area contributed by atoms with Crippen LogP contribution >= 0.6 is 11.6 Å². The highest BCUT2D eigenvalue weighted by atomic mass is 35.5. The molecule has 5 nitrogen and oxygen atoms in total. The second-order valence-corrected chi connectivity index (χ2v) is 7.15. The Morgan fingerprint density at radius 3 is 2.30 bits per heavy atom. The van der Waals surface area contributed by atoms with Gasteiger partial charge < -0.3 is 14.4 Å². The zero-order valence-corrected chi connectivity index (χ0v) is 16.4. The molecule has 0 heterocycles. The summed E-state index contributed by atoms with van der Waals surface area (Å²) in [6.07, 6.45) is -3.76. The summed E-state index contributed by atoms with van der Waals surface area (Å²) in [4.78, 5) is 24.3. The zero-order chi connectivity index (χ0) is 21.0. The Morgan fingerprint density at radius 1 is 1.22 bits per heavy atom. The molecule has 0 aliphatic carbocycles.